The number of methoxy groups -OCH3 is 1. The smallest absolute Gasteiger partial charge is 0.311 e. The van der Waals surface area contributed by atoms with Crippen LogP contribution in [0.25, 0.3) is 0 Å². The predicted octanol–water partition coefficient (Wildman–Crippen LogP) is 7.04. The Morgan fingerprint density at radius 3 is 2.30 bits per heavy atom. The van der Waals surface area contributed by atoms with E-state index < -0.39 is 106 Å². The van der Waals surface area contributed by atoms with Crippen molar-refractivity contribution in [1.29, 1.82) is 0 Å². The van der Waals surface area contributed by atoms with Crippen LogP contribution in [0.2, 0.25) is 0 Å². The van der Waals surface area contributed by atoms with Gasteiger partial charge in [-0.1, -0.05) is 58.9 Å². The number of hydrogen-bond donors (Lipinski definition) is 2. The average molecular weight is 1060 g/mol. The summed E-state index contributed by atoms with van der Waals surface area (Å²) in [5.74, 6) is -3.93. The van der Waals surface area contributed by atoms with E-state index in [4.69, 9.17) is 23.7 Å². The molecule has 0 bridgehead atoms. The van der Waals surface area contributed by atoms with Gasteiger partial charge in [-0.05, 0) is 108 Å². The van der Waals surface area contributed by atoms with E-state index in [1.165, 1.54) is 37.8 Å². The number of likely N-dealkylation sites (N-methyl/N-ethyl adjacent to an activating group) is 1. The third-order valence-electron chi connectivity index (χ3n) is 15.5. The van der Waals surface area contributed by atoms with Crippen LogP contribution in [0.3, 0.4) is 0 Å². The number of aliphatic hydroxyl groups excluding tert-OH is 1. The number of Topliss-reactive ketones (excluding diaryl/α,β-unsaturated/α-hetero) is 1. The van der Waals surface area contributed by atoms with E-state index in [0.717, 1.165) is 6.26 Å². The zero-order valence-corrected chi connectivity index (χ0v) is 47.3. The van der Waals surface area contributed by atoms with Gasteiger partial charge in [-0.3, -0.25) is 24.1 Å². The molecule has 1 aliphatic heterocycles. The second-order valence-corrected chi connectivity index (χ2v) is 24.2. The van der Waals surface area contributed by atoms with Crippen molar-refractivity contribution in [3.63, 3.8) is 0 Å². The predicted molar refractivity (Wildman–Crippen MR) is 276 cm³/mol. The normalized spacial score (nSPS) is 28.1. The van der Waals surface area contributed by atoms with Crippen LogP contribution in [0.1, 0.15) is 151 Å². The summed E-state index contributed by atoms with van der Waals surface area (Å²) in [7, 11) is -0.141. The van der Waals surface area contributed by atoms with Gasteiger partial charge in [0.2, 0.25) is 5.91 Å². The van der Waals surface area contributed by atoms with Gasteiger partial charge in [0.05, 0.1) is 46.5 Å². The number of amides is 1. The average Bonchev–Trinajstić information content (AvgIpc) is 3.80. The molecule has 1 aromatic heterocycles. The number of aliphatic hydroxyl groups is 2. The van der Waals surface area contributed by atoms with Crippen molar-refractivity contribution in [2.75, 3.05) is 33.6 Å². The van der Waals surface area contributed by atoms with Gasteiger partial charge < -0.3 is 33.9 Å². The molecule has 0 spiro atoms. The van der Waals surface area contributed by atoms with Crippen LogP contribution in [-0.4, -0.2) is 150 Å². The Kier molecular flexibility index (Phi) is 22.6. The molecule has 74 heavy (non-hydrogen) atoms. The van der Waals surface area contributed by atoms with E-state index >= 15 is 0 Å². The third kappa shape index (κ3) is 16.5. The van der Waals surface area contributed by atoms with Gasteiger partial charge in [0.25, 0.3) is 0 Å². The zero-order chi connectivity index (χ0) is 55.6. The lowest BCUT2D eigenvalue weighted by molar-refractivity contribution is -0.296. The molecule has 2 aromatic rings. The standard InChI is InChI=1S/C54H86FN5O13S/c1-16-45(53(10,11)66)72-51(65)36(7)47(64)35(6)50(54(12)25-23-41(63)20-17-31(2)34(5)46(32(3)28-54)56-37(8)61)73-52-49(71-38(9)62)43(27-33(4)70-52)59(13)26-24-40-30-60(58-57-40)44(29-55)48(69-14)39-18-21-42(22-19-39)74(15,67)68/h18-19,21-22,30-36,43-45,47-50,52,64,66H,16-17,20,23-29H2,1-15H3/t31-,32-,33-,34-,35+,36-,43+,44-,45-,47+,48-,49-,50-,52+,54-/m1/s1. The Balaban J connectivity index is 1.73. The summed E-state index contributed by atoms with van der Waals surface area (Å²) in [6.45, 7) is 20.4. The van der Waals surface area contributed by atoms with Crippen molar-refractivity contribution in [3.8, 4) is 0 Å². The summed E-state index contributed by atoms with van der Waals surface area (Å²) in [5, 5.41) is 31.7. The van der Waals surface area contributed by atoms with Gasteiger partial charge in [-0.15, -0.1) is 5.10 Å². The van der Waals surface area contributed by atoms with Crippen molar-refractivity contribution in [2.45, 2.75) is 200 Å². The first-order chi connectivity index (χ1) is 34.4. The number of sulfone groups is 1. The Morgan fingerprint density at radius 2 is 1.74 bits per heavy atom. The van der Waals surface area contributed by atoms with E-state index in [1.807, 2.05) is 39.6 Å². The van der Waals surface area contributed by atoms with Crippen LogP contribution in [0.15, 0.2) is 40.4 Å². The molecule has 1 saturated carbocycles. The molecule has 0 unspecified atom stereocenters. The van der Waals surface area contributed by atoms with Crippen LogP contribution in [0.4, 0.5) is 4.39 Å². The Hall–Kier alpha value is -4.05. The third-order valence-corrected chi connectivity index (χ3v) is 16.6. The van der Waals surface area contributed by atoms with E-state index in [1.54, 1.807) is 52.9 Å². The monoisotopic (exact) mass is 1060 g/mol. The van der Waals surface area contributed by atoms with Crippen molar-refractivity contribution >= 4 is 39.2 Å². The summed E-state index contributed by atoms with van der Waals surface area (Å²) in [4.78, 5) is 60.0. The second-order valence-electron chi connectivity index (χ2n) is 22.2. The lowest BCUT2D eigenvalue weighted by Crippen LogP contribution is -2.59. The van der Waals surface area contributed by atoms with Gasteiger partial charge in [-0.2, -0.15) is 0 Å². The van der Waals surface area contributed by atoms with Gasteiger partial charge in [0.15, 0.2) is 22.2 Å². The van der Waals surface area contributed by atoms with Gasteiger partial charge in [0.1, 0.15) is 30.7 Å². The quantitative estimate of drug-likeness (QED) is 0.119. The van der Waals surface area contributed by atoms with Crippen LogP contribution in [0, 0.1) is 35.0 Å². The van der Waals surface area contributed by atoms with Crippen LogP contribution in [0.5, 0.6) is 0 Å². The molecule has 2 N–H and O–H groups in total. The molecule has 418 valence electrons. The number of ether oxygens (including phenoxy) is 5. The Morgan fingerprint density at radius 1 is 1.09 bits per heavy atom. The van der Waals surface area contributed by atoms with Gasteiger partial charge in [0, 0.05) is 70.8 Å². The number of benzene rings is 1. The van der Waals surface area contributed by atoms with Gasteiger partial charge in [-0.25, -0.2) is 22.5 Å². The molecule has 1 saturated heterocycles. The number of halogens is 1. The largest absolute Gasteiger partial charge is 0.459 e. The lowest BCUT2D eigenvalue weighted by Gasteiger charge is -2.49. The molecular weight excluding hydrogens is 978 g/mol. The highest BCUT2D eigenvalue weighted by Crippen LogP contribution is 2.46. The summed E-state index contributed by atoms with van der Waals surface area (Å²) in [5.41, 5.74) is -0.508. The summed E-state index contributed by atoms with van der Waals surface area (Å²) in [6.07, 6.45) is -1.08. The SMILES string of the molecule is CC[C@@H](OC(=O)[C@H](C)[C@@H](O)[C@H](C)[C@@H](O[C@@H]1O[C@H](C)C[C@H](N(C)CCc2cn([C@H](CF)[C@H](OC)c3ccc(S(C)(=O)=O)cc3)nn2)[C@H]1OC(C)=O)[C@]1(C)CCC(=O)CC[C@@H](C)[C@@H](C)C(=NC(C)=O)[C@H](C)C1)C(C)(C)O. The number of alkyl halides is 1. The minimum Gasteiger partial charge on any atom is -0.459 e. The number of aliphatic imine (C=N–C) groups is 1. The first kappa shape index (κ1) is 62.5. The lowest BCUT2D eigenvalue weighted by atomic mass is 9.66. The molecular formula is C54H86FN5O13S. The molecule has 18 nitrogen and oxygen atoms in total. The van der Waals surface area contributed by atoms with E-state index in [9.17, 15) is 42.2 Å². The molecule has 20 heteroatoms. The number of ketones is 1. The molecule has 2 aliphatic rings. The first-order valence-corrected chi connectivity index (χ1v) is 28.0. The molecule has 15 atom stereocenters. The van der Waals surface area contributed by atoms with Crippen LogP contribution >= 0.6 is 0 Å². The highest BCUT2D eigenvalue weighted by molar-refractivity contribution is 7.90. The minimum atomic E-state index is -3.45. The minimum absolute atomic E-state index is 0.0530. The van der Waals surface area contributed by atoms with Gasteiger partial charge >= 0.3 is 11.9 Å². The summed E-state index contributed by atoms with van der Waals surface area (Å²) in [6, 6.07) is 4.65. The number of carbonyl (C=O) groups excluding carboxylic acids is 4. The summed E-state index contributed by atoms with van der Waals surface area (Å²) >= 11 is 0. The van der Waals surface area contributed by atoms with Crippen molar-refractivity contribution in [2.24, 2.45) is 40.0 Å². The molecule has 1 aliphatic carbocycles. The molecule has 1 amide bonds. The fourth-order valence-electron chi connectivity index (χ4n) is 10.9. The maximum Gasteiger partial charge on any atom is 0.311 e. The number of hydrogen-bond acceptors (Lipinski definition) is 16. The Labute approximate surface area is 438 Å². The number of esters is 2. The van der Waals surface area contributed by atoms with Crippen molar-refractivity contribution in [1.82, 2.24) is 19.9 Å². The molecule has 2 heterocycles. The van der Waals surface area contributed by atoms with E-state index in [2.05, 4.69) is 22.2 Å². The molecule has 1 aromatic carbocycles. The maximum atomic E-state index is 14.8. The van der Waals surface area contributed by atoms with Crippen LogP contribution < -0.4 is 0 Å². The molecule has 4 rings (SSSR count). The number of rotatable bonds is 21. The summed E-state index contributed by atoms with van der Waals surface area (Å²) < 4.78 is 71.8. The molecule has 2 fully saturated rings. The van der Waals surface area contributed by atoms with E-state index in [-0.39, 0.29) is 40.8 Å². The number of carbonyl (C=O) groups is 4. The zero-order valence-electron chi connectivity index (χ0n) is 46.4. The molecule has 0 radical (unpaired) electrons. The van der Waals surface area contributed by atoms with Crippen molar-refractivity contribution < 1.29 is 65.9 Å². The first-order valence-electron chi connectivity index (χ1n) is 26.2. The second kappa shape index (κ2) is 26.8. The topological polar surface area (TPSA) is 235 Å². The highest BCUT2D eigenvalue weighted by Gasteiger charge is 2.50. The number of aromatic nitrogens is 3. The van der Waals surface area contributed by atoms with Crippen molar-refractivity contribution in [3.05, 3.63) is 41.7 Å². The maximum absolute atomic E-state index is 14.8. The fraction of sp³-hybridized carbons (Fsp3) is 0.759. The Bertz CT molecular complexity index is 2320. The number of nitrogens with zero attached hydrogens (tertiary/aromatic N) is 5. The van der Waals surface area contributed by atoms with E-state index in [0.29, 0.717) is 68.5 Å². The fourth-order valence-corrected chi connectivity index (χ4v) is 11.6. The van der Waals surface area contributed by atoms with Crippen LogP contribution in [-0.2, 0) is 59.1 Å². The highest BCUT2D eigenvalue weighted by atomic mass is 32.2.